The highest BCUT2D eigenvalue weighted by atomic mass is 32.2. The van der Waals surface area contributed by atoms with Crippen LogP contribution in [0.15, 0.2) is 29.2 Å². The van der Waals surface area contributed by atoms with Crippen molar-refractivity contribution >= 4 is 21.9 Å². The highest BCUT2D eigenvalue weighted by Gasteiger charge is 2.19. The first-order chi connectivity index (χ1) is 11.7. The third kappa shape index (κ3) is 4.40. The standard InChI is InChI=1S/C15H19N7O2S/c1-21(2)14-18-13(19-15(20-14)22(3)4)10-17-25(23,24)12-8-6-5-7-11(12)9-16/h5-8,17H,10H2,1-4H3. The molecule has 1 aromatic carbocycles. The molecule has 0 atom stereocenters. The second-order valence-corrected chi connectivity index (χ2v) is 7.31. The first kappa shape index (κ1) is 18.6. The van der Waals surface area contributed by atoms with Gasteiger partial charge in [-0.2, -0.15) is 20.2 Å². The van der Waals surface area contributed by atoms with Crippen LogP contribution in [0.4, 0.5) is 11.9 Å². The fourth-order valence-corrected chi connectivity index (χ4v) is 3.04. The highest BCUT2D eigenvalue weighted by Crippen LogP contribution is 2.15. The Bertz CT molecular complexity index is 878. The van der Waals surface area contributed by atoms with E-state index in [1.807, 2.05) is 6.07 Å². The zero-order valence-electron chi connectivity index (χ0n) is 14.4. The molecule has 0 aliphatic heterocycles. The van der Waals surface area contributed by atoms with Gasteiger partial charge in [-0.1, -0.05) is 12.1 Å². The maximum atomic E-state index is 12.5. The molecular formula is C15H19N7O2S. The van der Waals surface area contributed by atoms with Crippen LogP contribution in [0.5, 0.6) is 0 Å². The van der Waals surface area contributed by atoms with Gasteiger partial charge in [-0.25, -0.2) is 13.1 Å². The van der Waals surface area contributed by atoms with Crippen molar-refractivity contribution < 1.29 is 8.42 Å². The minimum Gasteiger partial charge on any atom is -0.347 e. The number of hydrogen-bond donors (Lipinski definition) is 1. The quantitative estimate of drug-likeness (QED) is 0.784. The van der Waals surface area contributed by atoms with Gasteiger partial charge in [0.15, 0.2) is 5.82 Å². The third-order valence-corrected chi connectivity index (χ3v) is 4.63. The maximum absolute atomic E-state index is 12.5. The van der Waals surface area contributed by atoms with Gasteiger partial charge in [0.2, 0.25) is 21.9 Å². The molecule has 132 valence electrons. The number of rotatable bonds is 6. The summed E-state index contributed by atoms with van der Waals surface area (Å²) in [5.74, 6) is 1.12. The molecule has 25 heavy (non-hydrogen) atoms. The van der Waals surface area contributed by atoms with Crippen LogP contribution >= 0.6 is 0 Å². The van der Waals surface area contributed by atoms with Crippen LogP contribution in [-0.4, -0.2) is 51.6 Å². The van der Waals surface area contributed by atoms with Gasteiger partial charge in [-0.3, -0.25) is 0 Å². The van der Waals surface area contributed by atoms with Crippen molar-refractivity contribution in [3.05, 3.63) is 35.7 Å². The van der Waals surface area contributed by atoms with E-state index in [1.165, 1.54) is 12.1 Å². The predicted molar refractivity (Wildman–Crippen MR) is 93.7 cm³/mol. The Labute approximate surface area is 147 Å². The number of benzene rings is 1. The molecule has 0 aliphatic rings. The topological polar surface area (TPSA) is 115 Å². The van der Waals surface area contributed by atoms with Crippen LogP contribution in [0.1, 0.15) is 11.4 Å². The summed E-state index contributed by atoms with van der Waals surface area (Å²) < 4.78 is 27.4. The molecule has 1 heterocycles. The molecule has 0 saturated heterocycles. The van der Waals surface area contributed by atoms with Crippen LogP contribution < -0.4 is 14.5 Å². The molecule has 1 aromatic heterocycles. The summed E-state index contributed by atoms with van der Waals surface area (Å²) in [7, 11) is 3.27. The van der Waals surface area contributed by atoms with Gasteiger partial charge in [0.25, 0.3) is 0 Å². The molecule has 0 radical (unpaired) electrons. The fourth-order valence-electron chi connectivity index (χ4n) is 1.91. The number of anilines is 2. The Balaban J connectivity index is 2.30. The van der Waals surface area contributed by atoms with Gasteiger partial charge in [0.05, 0.1) is 17.0 Å². The Kier molecular flexibility index (Phi) is 5.51. The van der Waals surface area contributed by atoms with Crippen LogP contribution in [0.2, 0.25) is 0 Å². The molecule has 0 unspecified atom stereocenters. The second kappa shape index (κ2) is 7.42. The van der Waals surface area contributed by atoms with Crippen molar-refractivity contribution in [2.45, 2.75) is 11.4 Å². The van der Waals surface area contributed by atoms with Gasteiger partial charge < -0.3 is 9.80 Å². The molecule has 0 spiro atoms. The minimum absolute atomic E-state index is 0.0766. The van der Waals surface area contributed by atoms with Crippen molar-refractivity contribution in [1.82, 2.24) is 19.7 Å². The van der Waals surface area contributed by atoms with Crippen molar-refractivity contribution in [1.29, 1.82) is 5.26 Å². The first-order valence-corrected chi connectivity index (χ1v) is 8.81. The fraction of sp³-hybridized carbons (Fsp3) is 0.333. The summed E-state index contributed by atoms with van der Waals surface area (Å²) in [4.78, 5) is 16.1. The van der Waals surface area contributed by atoms with Gasteiger partial charge in [0.1, 0.15) is 6.07 Å². The van der Waals surface area contributed by atoms with Gasteiger partial charge in [0, 0.05) is 28.2 Å². The van der Waals surface area contributed by atoms with E-state index in [-0.39, 0.29) is 22.8 Å². The van der Waals surface area contributed by atoms with E-state index < -0.39 is 10.0 Å². The first-order valence-electron chi connectivity index (χ1n) is 7.33. The van der Waals surface area contributed by atoms with Gasteiger partial charge in [-0.05, 0) is 12.1 Å². The second-order valence-electron chi connectivity index (χ2n) is 5.57. The molecule has 0 aliphatic carbocycles. The normalized spacial score (nSPS) is 11.0. The van der Waals surface area contributed by atoms with Gasteiger partial charge >= 0.3 is 0 Å². The Morgan fingerprint density at radius 2 is 1.60 bits per heavy atom. The number of aromatic nitrogens is 3. The average molecular weight is 361 g/mol. The lowest BCUT2D eigenvalue weighted by Gasteiger charge is -2.16. The SMILES string of the molecule is CN(C)c1nc(CNS(=O)(=O)c2ccccc2C#N)nc(N(C)C)n1. The molecule has 9 nitrogen and oxygen atoms in total. The number of nitrogens with zero attached hydrogens (tertiary/aromatic N) is 6. The molecular weight excluding hydrogens is 342 g/mol. The van der Waals surface area contributed by atoms with E-state index in [9.17, 15) is 8.42 Å². The molecule has 2 rings (SSSR count). The lowest BCUT2D eigenvalue weighted by molar-refractivity contribution is 0.578. The lowest BCUT2D eigenvalue weighted by atomic mass is 10.2. The average Bonchev–Trinajstić information content (AvgIpc) is 2.59. The van der Waals surface area contributed by atoms with E-state index in [1.54, 1.807) is 50.1 Å². The molecule has 10 heteroatoms. The molecule has 0 saturated carbocycles. The zero-order valence-corrected chi connectivity index (χ0v) is 15.2. The zero-order chi connectivity index (χ0) is 18.6. The summed E-state index contributed by atoms with van der Waals surface area (Å²) in [5, 5.41) is 9.08. The number of sulfonamides is 1. The van der Waals surface area contributed by atoms with Crippen molar-refractivity contribution in [2.24, 2.45) is 0 Å². The Hall–Kier alpha value is -2.77. The number of nitriles is 1. The summed E-state index contributed by atoms with van der Waals surface area (Å²) in [6, 6.07) is 7.87. The summed E-state index contributed by atoms with van der Waals surface area (Å²) in [5.41, 5.74) is 0.0774. The van der Waals surface area contributed by atoms with Crippen LogP contribution in [0, 0.1) is 11.3 Å². The number of hydrogen-bond acceptors (Lipinski definition) is 8. The smallest absolute Gasteiger partial charge is 0.242 e. The lowest BCUT2D eigenvalue weighted by Crippen LogP contribution is -2.27. The van der Waals surface area contributed by atoms with E-state index in [0.29, 0.717) is 11.9 Å². The summed E-state index contributed by atoms with van der Waals surface area (Å²) >= 11 is 0. The molecule has 0 amide bonds. The van der Waals surface area contributed by atoms with E-state index in [4.69, 9.17) is 5.26 Å². The van der Waals surface area contributed by atoms with E-state index in [0.717, 1.165) is 0 Å². The van der Waals surface area contributed by atoms with Crippen LogP contribution in [-0.2, 0) is 16.6 Å². The molecule has 2 aromatic rings. The minimum atomic E-state index is -3.87. The third-order valence-electron chi connectivity index (χ3n) is 3.18. The maximum Gasteiger partial charge on any atom is 0.242 e. The highest BCUT2D eigenvalue weighted by molar-refractivity contribution is 7.89. The molecule has 0 bridgehead atoms. The van der Waals surface area contributed by atoms with Crippen molar-refractivity contribution in [2.75, 3.05) is 38.0 Å². The monoisotopic (exact) mass is 361 g/mol. The Morgan fingerprint density at radius 3 is 2.12 bits per heavy atom. The van der Waals surface area contributed by atoms with E-state index >= 15 is 0 Å². The molecule has 1 N–H and O–H groups in total. The Morgan fingerprint density at radius 1 is 1.04 bits per heavy atom. The van der Waals surface area contributed by atoms with E-state index in [2.05, 4.69) is 19.7 Å². The number of nitrogens with one attached hydrogen (secondary N) is 1. The summed E-state index contributed by atoms with van der Waals surface area (Å²) in [6.07, 6.45) is 0. The van der Waals surface area contributed by atoms with Crippen molar-refractivity contribution in [3.63, 3.8) is 0 Å². The summed E-state index contributed by atoms with van der Waals surface area (Å²) in [6.45, 7) is -0.119. The predicted octanol–water partition coefficient (Wildman–Crippen LogP) is 0.354. The van der Waals surface area contributed by atoms with Crippen LogP contribution in [0.3, 0.4) is 0 Å². The van der Waals surface area contributed by atoms with Crippen molar-refractivity contribution in [3.8, 4) is 6.07 Å². The van der Waals surface area contributed by atoms with Crippen LogP contribution in [0.25, 0.3) is 0 Å². The molecule has 0 fully saturated rings. The largest absolute Gasteiger partial charge is 0.347 e. The van der Waals surface area contributed by atoms with Gasteiger partial charge in [-0.15, -0.1) is 0 Å².